The van der Waals surface area contributed by atoms with Gasteiger partial charge in [0.05, 0.1) is 23.6 Å². The van der Waals surface area contributed by atoms with Crippen molar-refractivity contribution in [3.8, 4) is 0 Å². The van der Waals surface area contributed by atoms with Crippen LogP contribution in [0.4, 0.5) is 5.69 Å². The van der Waals surface area contributed by atoms with Gasteiger partial charge in [0, 0.05) is 24.2 Å². The number of nitrogens with zero attached hydrogens (tertiary/aromatic N) is 3. The van der Waals surface area contributed by atoms with E-state index in [1.165, 1.54) is 0 Å². The molecular formula is C13H14N6O. The number of aryl methyl sites for hydroxylation is 1. The third-order valence-electron chi connectivity index (χ3n) is 3.10. The predicted octanol–water partition coefficient (Wildman–Crippen LogP) is 0.935. The quantitative estimate of drug-likeness (QED) is 0.659. The molecule has 20 heavy (non-hydrogen) atoms. The van der Waals surface area contributed by atoms with Gasteiger partial charge in [-0.2, -0.15) is 10.2 Å². The topological polar surface area (TPSA) is 102 Å². The highest BCUT2D eigenvalue weighted by Crippen LogP contribution is 2.21. The fraction of sp³-hybridized carbons (Fsp3) is 0.154. The number of H-pyrrole nitrogens is 1. The molecule has 1 aromatic carbocycles. The van der Waals surface area contributed by atoms with E-state index in [-0.39, 0.29) is 5.91 Å². The van der Waals surface area contributed by atoms with Crippen LogP contribution in [-0.2, 0) is 11.8 Å². The molecule has 0 radical (unpaired) electrons. The molecule has 0 spiro atoms. The van der Waals surface area contributed by atoms with Crippen LogP contribution in [0.2, 0.25) is 0 Å². The fourth-order valence-corrected chi connectivity index (χ4v) is 2.04. The second kappa shape index (κ2) is 4.78. The molecule has 1 unspecified atom stereocenters. The largest absolute Gasteiger partial charge is 0.323 e. The first-order chi connectivity index (χ1) is 9.65. The van der Waals surface area contributed by atoms with Crippen molar-refractivity contribution in [2.75, 3.05) is 5.32 Å². The maximum absolute atomic E-state index is 12.2. The Kier molecular flexibility index (Phi) is 2.96. The van der Waals surface area contributed by atoms with Crippen LogP contribution in [0.3, 0.4) is 0 Å². The zero-order chi connectivity index (χ0) is 14.1. The van der Waals surface area contributed by atoms with Crippen molar-refractivity contribution in [1.29, 1.82) is 0 Å². The minimum absolute atomic E-state index is 0.292. The van der Waals surface area contributed by atoms with E-state index in [1.807, 2.05) is 12.1 Å². The summed E-state index contributed by atoms with van der Waals surface area (Å²) in [5, 5.41) is 14.6. The molecule has 0 saturated carbocycles. The summed E-state index contributed by atoms with van der Waals surface area (Å²) in [7, 11) is 1.78. The third-order valence-corrected chi connectivity index (χ3v) is 3.10. The maximum atomic E-state index is 12.2. The van der Waals surface area contributed by atoms with E-state index in [4.69, 9.17) is 5.73 Å². The highest BCUT2D eigenvalue weighted by atomic mass is 16.2. The van der Waals surface area contributed by atoms with E-state index < -0.39 is 6.04 Å². The van der Waals surface area contributed by atoms with Crippen molar-refractivity contribution in [1.82, 2.24) is 20.0 Å². The molecule has 7 nitrogen and oxygen atoms in total. The summed E-state index contributed by atoms with van der Waals surface area (Å²) in [6, 6.07) is 4.80. The van der Waals surface area contributed by atoms with Gasteiger partial charge in [-0.15, -0.1) is 0 Å². The monoisotopic (exact) mass is 270 g/mol. The predicted molar refractivity (Wildman–Crippen MR) is 74.9 cm³/mol. The van der Waals surface area contributed by atoms with Crippen LogP contribution in [0.1, 0.15) is 11.6 Å². The van der Waals surface area contributed by atoms with E-state index >= 15 is 0 Å². The van der Waals surface area contributed by atoms with Gasteiger partial charge in [0.25, 0.3) is 0 Å². The van der Waals surface area contributed by atoms with Crippen LogP contribution < -0.4 is 11.1 Å². The molecule has 7 heteroatoms. The number of rotatable bonds is 3. The Labute approximate surface area is 114 Å². The first-order valence-corrected chi connectivity index (χ1v) is 6.12. The zero-order valence-corrected chi connectivity index (χ0v) is 10.9. The molecule has 2 heterocycles. The maximum Gasteiger partial charge on any atom is 0.246 e. The van der Waals surface area contributed by atoms with Gasteiger partial charge < -0.3 is 11.1 Å². The van der Waals surface area contributed by atoms with Crippen LogP contribution in [0, 0.1) is 0 Å². The Morgan fingerprint density at radius 3 is 3.05 bits per heavy atom. The van der Waals surface area contributed by atoms with E-state index in [2.05, 4.69) is 20.6 Å². The lowest BCUT2D eigenvalue weighted by molar-refractivity contribution is -0.117. The van der Waals surface area contributed by atoms with Gasteiger partial charge in [-0.05, 0) is 6.07 Å². The molecule has 0 saturated heterocycles. The number of fused-ring (bicyclic) bond motifs is 1. The number of amides is 1. The number of aromatic amines is 1. The molecule has 4 N–H and O–H groups in total. The van der Waals surface area contributed by atoms with Crippen molar-refractivity contribution in [3.63, 3.8) is 0 Å². The number of hydrogen-bond donors (Lipinski definition) is 3. The molecule has 1 amide bonds. The van der Waals surface area contributed by atoms with Crippen LogP contribution in [0.25, 0.3) is 10.9 Å². The van der Waals surface area contributed by atoms with Gasteiger partial charge in [-0.1, -0.05) is 12.1 Å². The van der Waals surface area contributed by atoms with Gasteiger partial charge in [0.2, 0.25) is 5.91 Å². The number of nitrogens with one attached hydrogen (secondary N) is 2. The van der Waals surface area contributed by atoms with Crippen molar-refractivity contribution < 1.29 is 4.79 Å². The molecule has 2 aromatic heterocycles. The van der Waals surface area contributed by atoms with E-state index in [0.717, 1.165) is 10.9 Å². The molecule has 102 valence electrons. The molecule has 0 aliphatic heterocycles. The van der Waals surface area contributed by atoms with Crippen LogP contribution in [0.15, 0.2) is 36.8 Å². The molecule has 0 aliphatic rings. The average molecular weight is 270 g/mol. The molecule has 0 bridgehead atoms. The van der Waals surface area contributed by atoms with Gasteiger partial charge in [-0.3, -0.25) is 14.6 Å². The number of carbonyl (C=O) groups is 1. The summed E-state index contributed by atoms with van der Waals surface area (Å²) < 4.78 is 1.61. The summed E-state index contributed by atoms with van der Waals surface area (Å²) in [6.45, 7) is 0. The lowest BCUT2D eigenvalue weighted by Crippen LogP contribution is -2.27. The Morgan fingerprint density at radius 1 is 1.45 bits per heavy atom. The van der Waals surface area contributed by atoms with Gasteiger partial charge in [0.1, 0.15) is 6.04 Å². The van der Waals surface area contributed by atoms with E-state index in [0.29, 0.717) is 11.3 Å². The molecule has 0 fully saturated rings. The van der Waals surface area contributed by atoms with Crippen LogP contribution >= 0.6 is 0 Å². The second-order valence-electron chi connectivity index (χ2n) is 4.55. The SMILES string of the molecule is Cn1cc(C(N)C(=O)Nc2cccc3cn[nH]c23)cn1. The fourth-order valence-electron chi connectivity index (χ4n) is 2.04. The molecule has 0 aliphatic carbocycles. The Balaban J connectivity index is 1.84. The normalized spacial score (nSPS) is 12.5. The van der Waals surface area contributed by atoms with Crippen LogP contribution in [0.5, 0.6) is 0 Å². The van der Waals surface area contributed by atoms with Crippen molar-refractivity contribution >= 4 is 22.5 Å². The van der Waals surface area contributed by atoms with Gasteiger partial charge >= 0.3 is 0 Å². The Hall–Kier alpha value is -2.67. The standard InChI is InChI=1S/C13H14N6O/c1-19-7-9(6-16-19)11(14)13(20)17-10-4-2-3-8-5-15-18-12(8)10/h2-7,11H,14H2,1H3,(H,15,18)(H,17,20). The van der Waals surface area contributed by atoms with Crippen molar-refractivity contribution in [2.45, 2.75) is 6.04 Å². The van der Waals surface area contributed by atoms with Gasteiger partial charge in [0.15, 0.2) is 0 Å². The molecule has 3 aromatic rings. The number of anilines is 1. The minimum atomic E-state index is -0.762. The summed E-state index contributed by atoms with van der Waals surface area (Å²) in [6.07, 6.45) is 5.01. The number of hydrogen-bond acceptors (Lipinski definition) is 4. The first-order valence-electron chi connectivity index (χ1n) is 6.12. The Morgan fingerprint density at radius 2 is 2.30 bits per heavy atom. The van der Waals surface area contributed by atoms with Crippen LogP contribution in [-0.4, -0.2) is 25.9 Å². The average Bonchev–Trinajstić information content (AvgIpc) is 3.06. The summed E-state index contributed by atoms with van der Waals surface area (Å²) >= 11 is 0. The number of para-hydroxylation sites is 1. The number of carbonyl (C=O) groups excluding carboxylic acids is 1. The second-order valence-corrected chi connectivity index (χ2v) is 4.55. The summed E-state index contributed by atoms with van der Waals surface area (Å²) in [5.74, 6) is -0.292. The Bertz CT molecular complexity index is 759. The molecule has 3 rings (SSSR count). The smallest absolute Gasteiger partial charge is 0.246 e. The number of nitrogens with two attached hydrogens (primary N) is 1. The van der Waals surface area contributed by atoms with E-state index in [1.54, 1.807) is 36.4 Å². The lowest BCUT2D eigenvalue weighted by atomic mass is 10.1. The summed E-state index contributed by atoms with van der Waals surface area (Å²) in [5.41, 5.74) is 8.03. The van der Waals surface area contributed by atoms with Gasteiger partial charge in [-0.25, -0.2) is 0 Å². The van der Waals surface area contributed by atoms with Crippen molar-refractivity contribution in [2.24, 2.45) is 12.8 Å². The third kappa shape index (κ3) is 2.14. The highest BCUT2D eigenvalue weighted by molar-refractivity contribution is 6.02. The highest BCUT2D eigenvalue weighted by Gasteiger charge is 2.18. The lowest BCUT2D eigenvalue weighted by Gasteiger charge is -2.11. The molecule has 1 atom stereocenters. The van der Waals surface area contributed by atoms with Crippen molar-refractivity contribution in [3.05, 3.63) is 42.4 Å². The van der Waals surface area contributed by atoms with E-state index in [9.17, 15) is 4.79 Å². The first kappa shape index (κ1) is 12.4. The number of aromatic nitrogens is 4. The summed E-state index contributed by atoms with van der Waals surface area (Å²) in [4.78, 5) is 12.2. The molecular weight excluding hydrogens is 256 g/mol. The minimum Gasteiger partial charge on any atom is -0.323 e. The number of benzene rings is 1. The zero-order valence-electron chi connectivity index (χ0n) is 10.9.